The van der Waals surface area contributed by atoms with Crippen LogP contribution in [0, 0.1) is 0 Å². The predicted octanol–water partition coefficient (Wildman–Crippen LogP) is -1.56. The van der Waals surface area contributed by atoms with Crippen molar-refractivity contribution in [3.8, 4) is 0 Å². The second-order valence-corrected chi connectivity index (χ2v) is 4.90. The Kier molecular flexibility index (Phi) is 3.85. The van der Waals surface area contributed by atoms with Gasteiger partial charge in [0.05, 0.1) is 7.11 Å². The molecule has 1 saturated heterocycles. The van der Waals surface area contributed by atoms with Gasteiger partial charge in [0.25, 0.3) is 0 Å². The van der Waals surface area contributed by atoms with Crippen molar-refractivity contribution in [1.82, 2.24) is 10.0 Å². The third kappa shape index (κ3) is 3.60. The lowest BCUT2D eigenvalue weighted by atomic mass is 10.3. The van der Waals surface area contributed by atoms with Crippen molar-refractivity contribution in [2.45, 2.75) is 12.5 Å². The van der Waals surface area contributed by atoms with Crippen LogP contribution in [0.15, 0.2) is 0 Å². The fraction of sp³-hybridized carbons (Fsp3) is 0.857. The quantitative estimate of drug-likeness (QED) is 0.562. The van der Waals surface area contributed by atoms with E-state index in [1.165, 1.54) is 0 Å². The van der Waals surface area contributed by atoms with E-state index in [0.717, 1.165) is 20.1 Å². The van der Waals surface area contributed by atoms with Gasteiger partial charge in [-0.05, 0) is 13.0 Å². The summed E-state index contributed by atoms with van der Waals surface area (Å²) < 4.78 is 29.3. The van der Waals surface area contributed by atoms with Crippen molar-refractivity contribution >= 4 is 16.0 Å². The summed E-state index contributed by atoms with van der Waals surface area (Å²) in [6.45, 7) is 1.41. The van der Waals surface area contributed by atoms with E-state index in [1.807, 2.05) is 0 Å². The molecule has 0 radical (unpaired) electrons. The highest BCUT2D eigenvalue weighted by Crippen LogP contribution is 2.00. The third-order valence-corrected chi connectivity index (χ3v) is 3.25. The van der Waals surface area contributed by atoms with Gasteiger partial charge in [-0.25, -0.2) is 13.1 Å². The normalized spacial score (nSPS) is 22.2. The van der Waals surface area contributed by atoms with Crippen molar-refractivity contribution < 1.29 is 17.9 Å². The number of ether oxygens (including phenoxy) is 1. The standard InChI is InChI=1S/C7H14N2O4S/c1-13-7(10)5-14(11,12)9-6-2-3-8-4-6/h6,8-9H,2-5H2,1H3/t6-/m1/s1. The van der Waals surface area contributed by atoms with Crippen molar-refractivity contribution in [1.29, 1.82) is 0 Å². The molecule has 1 atom stereocenters. The van der Waals surface area contributed by atoms with Crippen LogP contribution in [0.2, 0.25) is 0 Å². The summed E-state index contributed by atoms with van der Waals surface area (Å²) in [5.41, 5.74) is 0. The van der Waals surface area contributed by atoms with E-state index in [9.17, 15) is 13.2 Å². The van der Waals surface area contributed by atoms with E-state index in [0.29, 0.717) is 6.54 Å². The highest BCUT2D eigenvalue weighted by Gasteiger charge is 2.23. The number of carbonyl (C=O) groups excluding carboxylic acids is 1. The average Bonchev–Trinajstić information content (AvgIpc) is 2.54. The summed E-state index contributed by atoms with van der Waals surface area (Å²) in [5.74, 6) is -1.36. The highest BCUT2D eigenvalue weighted by molar-refractivity contribution is 7.90. The van der Waals surface area contributed by atoms with Crippen LogP contribution in [0.3, 0.4) is 0 Å². The fourth-order valence-electron chi connectivity index (χ4n) is 1.26. The molecule has 0 amide bonds. The minimum atomic E-state index is -3.54. The molecule has 82 valence electrons. The Labute approximate surface area is 83.1 Å². The molecule has 6 nitrogen and oxygen atoms in total. The zero-order valence-corrected chi connectivity index (χ0v) is 8.76. The van der Waals surface area contributed by atoms with Crippen LogP contribution in [0.4, 0.5) is 0 Å². The summed E-state index contributed by atoms with van der Waals surface area (Å²) >= 11 is 0. The molecule has 0 spiro atoms. The molecule has 1 fully saturated rings. The van der Waals surface area contributed by atoms with E-state index in [2.05, 4.69) is 14.8 Å². The summed E-state index contributed by atoms with van der Waals surface area (Å²) in [7, 11) is -2.38. The van der Waals surface area contributed by atoms with Gasteiger partial charge in [-0.15, -0.1) is 0 Å². The Hall–Kier alpha value is -0.660. The van der Waals surface area contributed by atoms with E-state index < -0.39 is 21.7 Å². The summed E-state index contributed by atoms with van der Waals surface area (Å²) in [5, 5.41) is 3.02. The first-order valence-electron chi connectivity index (χ1n) is 4.31. The van der Waals surface area contributed by atoms with Gasteiger partial charge < -0.3 is 10.1 Å². The van der Waals surface area contributed by atoms with Gasteiger partial charge in [-0.3, -0.25) is 4.79 Å². The maximum atomic E-state index is 11.3. The second kappa shape index (κ2) is 4.72. The molecule has 0 saturated carbocycles. The highest BCUT2D eigenvalue weighted by atomic mass is 32.2. The van der Waals surface area contributed by atoms with Crippen LogP contribution in [0.5, 0.6) is 0 Å². The van der Waals surface area contributed by atoms with Crippen LogP contribution in [0.1, 0.15) is 6.42 Å². The monoisotopic (exact) mass is 222 g/mol. The smallest absolute Gasteiger partial charge is 0.322 e. The summed E-state index contributed by atoms with van der Waals surface area (Å²) in [6, 6.07) is -0.107. The van der Waals surface area contributed by atoms with E-state index in [1.54, 1.807) is 0 Å². The Morgan fingerprint density at radius 1 is 1.64 bits per heavy atom. The van der Waals surface area contributed by atoms with Gasteiger partial charge in [0.1, 0.15) is 0 Å². The average molecular weight is 222 g/mol. The molecule has 0 aromatic heterocycles. The molecule has 1 aliphatic heterocycles. The van der Waals surface area contributed by atoms with E-state index in [-0.39, 0.29) is 6.04 Å². The second-order valence-electron chi connectivity index (χ2n) is 3.14. The molecule has 7 heteroatoms. The van der Waals surface area contributed by atoms with Gasteiger partial charge >= 0.3 is 5.97 Å². The first-order chi connectivity index (χ1) is 6.53. The van der Waals surface area contributed by atoms with Gasteiger partial charge in [0.15, 0.2) is 5.75 Å². The molecular formula is C7H14N2O4S. The fourth-order valence-corrected chi connectivity index (χ4v) is 2.49. The van der Waals surface area contributed by atoms with Gasteiger partial charge in [-0.2, -0.15) is 0 Å². The number of methoxy groups -OCH3 is 1. The molecular weight excluding hydrogens is 208 g/mol. The molecule has 1 rings (SSSR count). The third-order valence-electron chi connectivity index (χ3n) is 1.94. The number of rotatable bonds is 4. The Bertz CT molecular complexity index is 295. The maximum absolute atomic E-state index is 11.3. The zero-order chi connectivity index (χ0) is 10.6. The van der Waals surface area contributed by atoms with Crippen molar-refractivity contribution in [2.24, 2.45) is 0 Å². The lowest BCUT2D eigenvalue weighted by Crippen LogP contribution is -2.39. The first kappa shape index (κ1) is 11.4. The molecule has 0 aromatic rings. The van der Waals surface area contributed by atoms with Gasteiger partial charge in [-0.1, -0.05) is 0 Å². The van der Waals surface area contributed by atoms with Gasteiger partial charge in [0.2, 0.25) is 10.0 Å². The number of hydrogen-bond acceptors (Lipinski definition) is 5. The van der Waals surface area contributed by atoms with Crippen molar-refractivity contribution in [2.75, 3.05) is 26.0 Å². The topological polar surface area (TPSA) is 84.5 Å². The molecule has 14 heavy (non-hydrogen) atoms. The SMILES string of the molecule is COC(=O)CS(=O)(=O)N[C@@H]1CCNC1. The predicted molar refractivity (Wildman–Crippen MR) is 50.2 cm³/mol. The molecule has 0 aromatic carbocycles. The number of esters is 1. The number of nitrogens with one attached hydrogen (secondary N) is 2. The minimum Gasteiger partial charge on any atom is -0.468 e. The first-order valence-corrected chi connectivity index (χ1v) is 5.96. The van der Waals surface area contributed by atoms with Crippen LogP contribution in [0.25, 0.3) is 0 Å². The number of sulfonamides is 1. The lowest BCUT2D eigenvalue weighted by Gasteiger charge is -2.10. The molecule has 0 bridgehead atoms. The van der Waals surface area contributed by atoms with Crippen molar-refractivity contribution in [3.63, 3.8) is 0 Å². The van der Waals surface area contributed by atoms with Crippen LogP contribution >= 0.6 is 0 Å². The van der Waals surface area contributed by atoms with Gasteiger partial charge in [0, 0.05) is 12.6 Å². The summed E-state index contributed by atoms with van der Waals surface area (Å²) in [6.07, 6.45) is 0.750. The number of hydrogen-bond donors (Lipinski definition) is 2. The molecule has 1 heterocycles. The molecule has 1 aliphatic rings. The van der Waals surface area contributed by atoms with E-state index in [4.69, 9.17) is 0 Å². The van der Waals surface area contributed by atoms with Crippen LogP contribution in [-0.2, 0) is 19.6 Å². The lowest BCUT2D eigenvalue weighted by molar-refractivity contribution is -0.137. The van der Waals surface area contributed by atoms with Crippen molar-refractivity contribution in [3.05, 3.63) is 0 Å². The summed E-state index contributed by atoms with van der Waals surface area (Å²) in [4.78, 5) is 10.7. The maximum Gasteiger partial charge on any atom is 0.322 e. The molecule has 0 aliphatic carbocycles. The Morgan fingerprint density at radius 2 is 2.36 bits per heavy atom. The Morgan fingerprint density at radius 3 is 2.86 bits per heavy atom. The number of carbonyl (C=O) groups is 1. The molecule has 2 N–H and O–H groups in total. The largest absolute Gasteiger partial charge is 0.468 e. The van der Waals surface area contributed by atoms with Crippen LogP contribution < -0.4 is 10.0 Å². The Balaban J connectivity index is 2.44. The van der Waals surface area contributed by atoms with E-state index >= 15 is 0 Å². The zero-order valence-electron chi connectivity index (χ0n) is 7.95. The van der Waals surface area contributed by atoms with Crippen LogP contribution in [-0.4, -0.2) is 46.4 Å². The molecule has 0 unspecified atom stereocenters. The minimum absolute atomic E-state index is 0.107.